The van der Waals surface area contributed by atoms with Crippen LogP contribution in [0, 0.1) is 5.92 Å². The van der Waals surface area contributed by atoms with Gasteiger partial charge in [-0.15, -0.1) is 0 Å². The van der Waals surface area contributed by atoms with E-state index >= 15 is 0 Å². The van der Waals surface area contributed by atoms with Crippen molar-refractivity contribution >= 4 is 0 Å². The lowest BCUT2D eigenvalue weighted by molar-refractivity contribution is 0.0827. The molecule has 0 aromatic heterocycles. The van der Waals surface area contributed by atoms with E-state index in [9.17, 15) is 0 Å². The normalized spacial score (nSPS) is 26.7. The van der Waals surface area contributed by atoms with Crippen LogP contribution in [0.1, 0.15) is 47.0 Å². The molecule has 0 amide bonds. The average molecular weight is 225 g/mol. The summed E-state index contributed by atoms with van der Waals surface area (Å²) in [5.74, 6) is 0.723. The number of nitrogens with one attached hydrogen (secondary N) is 1. The topological polar surface area (TPSA) is 21.3 Å². The fourth-order valence-electron chi connectivity index (χ4n) is 2.04. The lowest BCUT2D eigenvalue weighted by atomic mass is 10.1. The molecular formula is C14H27NO. The van der Waals surface area contributed by atoms with Gasteiger partial charge in [-0.2, -0.15) is 0 Å². The summed E-state index contributed by atoms with van der Waals surface area (Å²) in [4.78, 5) is 0. The zero-order chi connectivity index (χ0) is 12.0. The molecule has 16 heavy (non-hydrogen) atoms. The fourth-order valence-corrected chi connectivity index (χ4v) is 2.04. The van der Waals surface area contributed by atoms with Gasteiger partial charge in [0.1, 0.15) is 0 Å². The van der Waals surface area contributed by atoms with Gasteiger partial charge in [0.2, 0.25) is 0 Å². The van der Waals surface area contributed by atoms with Gasteiger partial charge in [-0.3, -0.25) is 0 Å². The number of hydrogen-bond acceptors (Lipinski definition) is 2. The van der Waals surface area contributed by atoms with Crippen LogP contribution >= 0.6 is 0 Å². The van der Waals surface area contributed by atoms with Crippen LogP contribution < -0.4 is 5.32 Å². The lowest BCUT2D eigenvalue weighted by Gasteiger charge is -2.12. The molecule has 0 bridgehead atoms. The van der Waals surface area contributed by atoms with Crippen molar-refractivity contribution in [2.24, 2.45) is 5.92 Å². The molecule has 1 rings (SSSR count). The van der Waals surface area contributed by atoms with Crippen molar-refractivity contribution in [3.05, 3.63) is 11.6 Å². The first kappa shape index (κ1) is 13.7. The first-order valence-electron chi connectivity index (χ1n) is 6.67. The van der Waals surface area contributed by atoms with E-state index < -0.39 is 0 Å². The maximum atomic E-state index is 5.82. The minimum Gasteiger partial charge on any atom is -0.371 e. The number of ether oxygens (including phenoxy) is 1. The first-order valence-corrected chi connectivity index (χ1v) is 6.67. The summed E-state index contributed by atoms with van der Waals surface area (Å²) < 4.78 is 5.82. The number of hydrogen-bond donors (Lipinski definition) is 1. The van der Waals surface area contributed by atoms with E-state index in [2.05, 4.69) is 39.1 Å². The minimum atomic E-state index is 0.366. The van der Waals surface area contributed by atoms with E-state index in [1.807, 2.05) is 0 Å². The highest BCUT2D eigenvalue weighted by molar-refractivity contribution is 5.08. The van der Waals surface area contributed by atoms with E-state index in [1.54, 1.807) is 0 Å². The van der Waals surface area contributed by atoms with E-state index in [0.717, 1.165) is 25.4 Å². The van der Waals surface area contributed by atoms with E-state index in [-0.39, 0.29) is 0 Å². The third kappa shape index (κ3) is 5.13. The second-order valence-electron chi connectivity index (χ2n) is 5.27. The molecule has 1 aliphatic rings. The summed E-state index contributed by atoms with van der Waals surface area (Å²) in [7, 11) is 0. The third-order valence-electron chi connectivity index (χ3n) is 3.05. The monoisotopic (exact) mass is 225 g/mol. The van der Waals surface area contributed by atoms with Crippen molar-refractivity contribution in [2.45, 2.75) is 59.2 Å². The molecule has 0 aliphatic carbocycles. The summed E-state index contributed by atoms with van der Waals surface area (Å²) in [5.41, 5.74) is 1.49. The quantitative estimate of drug-likeness (QED) is 0.701. The van der Waals surface area contributed by atoms with Crippen molar-refractivity contribution in [2.75, 3.05) is 13.1 Å². The van der Waals surface area contributed by atoms with Gasteiger partial charge < -0.3 is 10.1 Å². The van der Waals surface area contributed by atoms with Crippen molar-refractivity contribution in [3.63, 3.8) is 0 Å². The Balaban J connectivity index is 2.32. The molecule has 0 radical (unpaired) electrons. The van der Waals surface area contributed by atoms with E-state index in [4.69, 9.17) is 4.74 Å². The first-order chi connectivity index (χ1) is 7.61. The molecule has 2 heteroatoms. The van der Waals surface area contributed by atoms with Gasteiger partial charge in [0, 0.05) is 6.54 Å². The van der Waals surface area contributed by atoms with Gasteiger partial charge in [-0.25, -0.2) is 0 Å². The Morgan fingerprint density at radius 3 is 2.69 bits per heavy atom. The molecule has 0 aromatic rings. The predicted molar refractivity (Wildman–Crippen MR) is 69.7 cm³/mol. The molecule has 1 heterocycles. The van der Waals surface area contributed by atoms with Gasteiger partial charge >= 0.3 is 0 Å². The Hall–Kier alpha value is -0.340. The second kappa shape index (κ2) is 7.08. The lowest BCUT2D eigenvalue weighted by Crippen LogP contribution is -2.22. The molecular weight excluding hydrogens is 198 g/mol. The summed E-state index contributed by atoms with van der Waals surface area (Å²) in [6, 6.07) is 0. The van der Waals surface area contributed by atoms with Gasteiger partial charge in [0.25, 0.3) is 0 Å². The highest BCUT2D eigenvalue weighted by Gasteiger charge is 2.19. The van der Waals surface area contributed by atoms with Crippen molar-refractivity contribution in [1.82, 2.24) is 5.32 Å². The highest BCUT2D eigenvalue weighted by Crippen LogP contribution is 2.21. The average Bonchev–Trinajstić information content (AvgIpc) is 2.62. The van der Waals surface area contributed by atoms with Crippen LogP contribution in [0.4, 0.5) is 0 Å². The smallest absolute Gasteiger partial charge is 0.0763 e. The molecule has 0 spiro atoms. The van der Waals surface area contributed by atoms with Crippen molar-refractivity contribution in [1.29, 1.82) is 0 Å². The molecule has 0 saturated carbocycles. The van der Waals surface area contributed by atoms with Crippen molar-refractivity contribution < 1.29 is 4.74 Å². The Morgan fingerprint density at radius 2 is 2.19 bits per heavy atom. The maximum Gasteiger partial charge on any atom is 0.0763 e. The molecule has 1 aliphatic heterocycles. The van der Waals surface area contributed by atoms with Crippen LogP contribution in [0.25, 0.3) is 0 Å². The number of rotatable bonds is 6. The molecule has 1 fully saturated rings. The molecule has 94 valence electrons. The third-order valence-corrected chi connectivity index (χ3v) is 3.05. The van der Waals surface area contributed by atoms with Crippen LogP contribution in [0.15, 0.2) is 11.6 Å². The van der Waals surface area contributed by atoms with Crippen LogP contribution in [-0.2, 0) is 4.74 Å². The zero-order valence-electron chi connectivity index (χ0n) is 11.3. The summed E-state index contributed by atoms with van der Waals surface area (Å²) >= 11 is 0. The summed E-state index contributed by atoms with van der Waals surface area (Å²) in [5, 5.41) is 3.50. The van der Waals surface area contributed by atoms with Gasteiger partial charge in [-0.05, 0) is 38.6 Å². The molecule has 1 saturated heterocycles. The van der Waals surface area contributed by atoms with E-state index in [1.165, 1.54) is 18.4 Å². The fraction of sp³-hybridized carbons (Fsp3) is 0.857. The van der Waals surface area contributed by atoms with Gasteiger partial charge in [0.15, 0.2) is 0 Å². The van der Waals surface area contributed by atoms with Gasteiger partial charge in [-0.1, -0.05) is 32.4 Å². The SMILES string of the molecule is CCC(=CC1CCC(C)O1)CNCC(C)C. The standard InChI is InChI=1S/C14H27NO/c1-5-13(10-15-9-11(2)3)8-14-7-6-12(4)16-14/h8,11-12,14-15H,5-7,9-10H2,1-4H3. The Labute approximate surface area is 100 Å². The highest BCUT2D eigenvalue weighted by atomic mass is 16.5. The summed E-state index contributed by atoms with van der Waals surface area (Å²) in [6.07, 6.45) is 6.66. The second-order valence-corrected chi connectivity index (χ2v) is 5.27. The zero-order valence-corrected chi connectivity index (χ0v) is 11.3. The summed E-state index contributed by atoms with van der Waals surface area (Å²) in [6.45, 7) is 11.0. The van der Waals surface area contributed by atoms with Gasteiger partial charge in [0.05, 0.1) is 12.2 Å². The molecule has 2 atom stereocenters. The van der Waals surface area contributed by atoms with Crippen LogP contribution in [0.2, 0.25) is 0 Å². The minimum absolute atomic E-state index is 0.366. The Morgan fingerprint density at radius 1 is 1.44 bits per heavy atom. The molecule has 0 aromatic carbocycles. The molecule has 2 nitrogen and oxygen atoms in total. The predicted octanol–water partition coefficient (Wildman–Crippen LogP) is 3.14. The maximum absolute atomic E-state index is 5.82. The molecule has 2 unspecified atom stereocenters. The van der Waals surface area contributed by atoms with Crippen LogP contribution in [-0.4, -0.2) is 25.3 Å². The van der Waals surface area contributed by atoms with Crippen LogP contribution in [0.3, 0.4) is 0 Å². The largest absolute Gasteiger partial charge is 0.371 e. The Kier molecular flexibility index (Phi) is 6.07. The van der Waals surface area contributed by atoms with Crippen LogP contribution in [0.5, 0.6) is 0 Å². The Bertz CT molecular complexity index is 223. The van der Waals surface area contributed by atoms with E-state index in [0.29, 0.717) is 12.2 Å². The molecule has 1 N–H and O–H groups in total. The van der Waals surface area contributed by atoms with Crippen molar-refractivity contribution in [3.8, 4) is 0 Å².